The normalized spacial score (nSPS) is 21.2. The van der Waals surface area contributed by atoms with Gasteiger partial charge >= 0.3 is 0 Å². The molecule has 1 aromatic rings. The molecule has 0 bridgehead atoms. The molecule has 0 saturated carbocycles. The third-order valence-corrected chi connectivity index (χ3v) is 6.15. The Morgan fingerprint density at radius 2 is 2.23 bits per heavy atom. The summed E-state index contributed by atoms with van der Waals surface area (Å²) in [4.78, 5) is 0.649. The van der Waals surface area contributed by atoms with Crippen molar-refractivity contribution in [1.29, 1.82) is 0 Å². The number of nitrogens with zero attached hydrogens (tertiary/aromatic N) is 1. The zero-order valence-corrected chi connectivity index (χ0v) is 14.8. The topological polar surface area (TPSA) is 49.4 Å². The largest absolute Gasteiger partial charge is 0.310 e. The third-order valence-electron chi connectivity index (χ3n) is 4.11. The van der Waals surface area contributed by atoms with Gasteiger partial charge in [-0.1, -0.05) is 6.07 Å². The SMILES string of the molecule is CSc1ccc([C@@H](C)NC[C@@H]2CCN(S(C)(=O)=O)C2)cc1F. The van der Waals surface area contributed by atoms with Gasteiger partial charge in [0.25, 0.3) is 0 Å². The molecule has 1 aliphatic rings. The average molecular weight is 346 g/mol. The maximum absolute atomic E-state index is 13.8. The first-order valence-corrected chi connectivity index (χ1v) is 10.4. The molecule has 1 fully saturated rings. The third kappa shape index (κ3) is 4.44. The van der Waals surface area contributed by atoms with Crippen molar-refractivity contribution >= 4 is 21.8 Å². The molecule has 0 spiro atoms. The summed E-state index contributed by atoms with van der Waals surface area (Å²) in [6, 6.07) is 5.34. The second-order valence-corrected chi connectivity index (χ2v) is 8.63. The summed E-state index contributed by atoms with van der Waals surface area (Å²) in [5, 5.41) is 3.38. The number of benzene rings is 1. The first-order chi connectivity index (χ1) is 10.3. The lowest BCUT2D eigenvalue weighted by Gasteiger charge is -2.18. The van der Waals surface area contributed by atoms with E-state index in [0.717, 1.165) is 18.5 Å². The number of hydrogen-bond acceptors (Lipinski definition) is 4. The van der Waals surface area contributed by atoms with Crippen LogP contribution in [-0.2, 0) is 10.0 Å². The number of halogens is 1. The molecular weight excluding hydrogens is 323 g/mol. The highest BCUT2D eigenvalue weighted by Gasteiger charge is 2.28. The molecule has 1 aromatic carbocycles. The molecule has 0 radical (unpaired) electrons. The van der Waals surface area contributed by atoms with Gasteiger partial charge in [0.15, 0.2) is 0 Å². The predicted molar refractivity (Wildman–Crippen MR) is 89.1 cm³/mol. The second-order valence-electron chi connectivity index (χ2n) is 5.80. The van der Waals surface area contributed by atoms with Crippen LogP contribution in [0.4, 0.5) is 4.39 Å². The minimum Gasteiger partial charge on any atom is -0.310 e. The Morgan fingerprint density at radius 3 is 2.77 bits per heavy atom. The van der Waals surface area contributed by atoms with E-state index >= 15 is 0 Å². The number of thioether (sulfide) groups is 1. The first kappa shape index (κ1) is 17.7. The van der Waals surface area contributed by atoms with Crippen molar-refractivity contribution in [1.82, 2.24) is 9.62 Å². The highest BCUT2D eigenvalue weighted by atomic mass is 32.2. The first-order valence-electron chi connectivity index (χ1n) is 7.33. The summed E-state index contributed by atoms with van der Waals surface area (Å²) < 4.78 is 38.3. The van der Waals surface area contributed by atoms with Gasteiger partial charge in [0, 0.05) is 24.0 Å². The van der Waals surface area contributed by atoms with Gasteiger partial charge in [-0.3, -0.25) is 0 Å². The highest BCUT2D eigenvalue weighted by Crippen LogP contribution is 2.24. The van der Waals surface area contributed by atoms with Crippen LogP contribution in [0.2, 0.25) is 0 Å². The molecule has 2 rings (SSSR count). The molecule has 4 nitrogen and oxygen atoms in total. The fourth-order valence-corrected chi connectivity index (χ4v) is 4.05. The lowest BCUT2D eigenvalue weighted by Crippen LogP contribution is -2.31. The second kappa shape index (κ2) is 7.29. The summed E-state index contributed by atoms with van der Waals surface area (Å²) >= 11 is 1.39. The smallest absolute Gasteiger partial charge is 0.211 e. The lowest BCUT2D eigenvalue weighted by molar-refractivity contribution is 0.432. The van der Waals surface area contributed by atoms with Crippen LogP contribution in [-0.4, -0.2) is 44.9 Å². The van der Waals surface area contributed by atoms with Gasteiger partial charge in [0.05, 0.1) is 6.26 Å². The minimum absolute atomic E-state index is 0.0395. The number of nitrogens with one attached hydrogen (secondary N) is 1. The van der Waals surface area contributed by atoms with E-state index < -0.39 is 10.0 Å². The van der Waals surface area contributed by atoms with E-state index in [1.807, 2.05) is 19.2 Å². The number of rotatable bonds is 6. The van der Waals surface area contributed by atoms with E-state index in [-0.39, 0.29) is 11.9 Å². The summed E-state index contributed by atoms with van der Waals surface area (Å²) in [7, 11) is -3.09. The maximum atomic E-state index is 13.8. The van der Waals surface area contributed by atoms with Crippen molar-refractivity contribution in [2.45, 2.75) is 24.3 Å². The van der Waals surface area contributed by atoms with E-state index in [0.29, 0.717) is 23.9 Å². The molecule has 1 heterocycles. The summed E-state index contributed by atoms with van der Waals surface area (Å²) in [6.07, 6.45) is 3.97. The Morgan fingerprint density at radius 1 is 1.50 bits per heavy atom. The summed E-state index contributed by atoms with van der Waals surface area (Å²) in [5.74, 6) is 0.121. The van der Waals surface area contributed by atoms with Crippen molar-refractivity contribution in [3.05, 3.63) is 29.6 Å². The Balaban J connectivity index is 1.88. The van der Waals surface area contributed by atoms with Crippen molar-refractivity contribution in [2.24, 2.45) is 5.92 Å². The predicted octanol–water partition coefficient (Wildman–Crippen LogP) is 2.48. The van der Waals surface area contributed by atoms with Crippen LogP contribution in [0.1, 0.15) is 24.9 Å². The molecule has 0 aliphatic carbocycles. The highest BCUT2D eigenvalue weighted by molar-refractivity contribution is 7.98. The van der Waals surface area contributed by atoms with Crippen LogP contribution in [0.3, 0.4) is 0 Å². The van der Waals surface area contributed by atoms with Crippen LogP contribution in [0.5, 0.6) is 0 Å². The van der Waals surface area contributed by atoms with Crippen molar-refractivity contribution < 1.29 is 12.8 Å². The van der Waals surface area contributed by atoms with E-state index in [1.54, 1.807) is 12.1 Å². The van der Waals surface area contributed by atoms with Crippen molar-refractivity contribution in [3.63, 3.8) is 0 Å². The molecule has 1 N–H and O–H groups in total. The minimum atomic E-state index is -3.09. The van der Waals surface area contributed by atoms with E-state index in [2.05, 4.69) is 5.32 Å². The molecule has 1 saturated heterocycles. The molecular formula is C15H23FN2O2S2. The van der Waals surface area contributed by atoms with Gasteiger partial charge in [0.2, 0.25) is 10.0 Å². The Labute approximate surface area is 136 Å². The fourth-order valence-electron chi connectivity index (χ4n) is 2.68. The van der Waals surface area contributed by atoms with Crippen LogP contribution in [0, 0.1) is 11.7 Å². The molecule has 124 valence electrons. The van der Waals surface area contributed by atoms with Gasteiger partial charge in [0.1, 0.15) is 5.82 Å². The van der Waals surface area contributed by atoms with Gasteiger partial charge in [-0.15, -0.1) is 11.8 Å². The Hall–Kier alpha value is -0.630. The van der Waals surface area contributed by atoms with Crippen molar-refractivity contribution in [2.75, 3.05) is 32.1 Å². The maximum Gasteiger partial charge on any atom is 0.211 e. The van der Waals surface area contributed by atoms with E-state index in [1.165, 1.54) is 22.3 Å². The fraction of sp³-hybridized carbons (Fsp3) is 0.600. The molecule has 2 atom stereocenters. The monoisotopic (exact) mass is 346 g/mol. The number of sulfonamides is 1. The van der Waals surface area contributed by atoms with Crippen LogP contribution in [0.15, 0.2) is 23.1 Å². The molecule has 0 amide bonds. The van der Waals surface area contributed by atoms with Crippen LogP contribution >= 0.6 is 11.8 Å². The standard InChI is InChI=1S/C15H23FN2O2S2/c1-11(13-4-5-15(21-2)14(16)8-13)17-9-12-6-7-18(10-12)22(3,19)20/h4-5,8,11-12,17H,6-7,9-10H2,1-3H3/t11-,12+/m1/s1. The van der Waals surface area contributed by atoms with Gasteiger partial charge < -0.3 is 5.32 Å². The van der Waals surface area contributed by atoms with Crippen LogP contribution < -0.4 is 5.32 Å². The van der Waals surface area contributed by atoms with Gasteiger partial charge in [-0.2, -0.15) is 0 Å². The van der Waals surface area contributed by atoms with Gasteiger partial charge in [-0.05, 0) is 49.8 Å². The Kier molecular flexibility index (Phi) is 5.87. The van der Waals surface area contributed by atoms with Crippen LogP contribution in [0.25, 0.3) is 0 Å². The molecule has 0 unspecified atom stereocenters. The Bertz CT molecular complexity index is 622. The molecule has 7 heteroatoms. The van der Waals surface area contributed by atoms with E-state index in [9.17, 15) is 12.8 Å². The quantitative estimate of drug-likeness (QED) is 0.804. The molecule has 1 aliphatic heterocycles. The molecule has 0 aromatic heterocycles. The zero-order valence-electron chi connectivity index (χ0n) is 13.2. The van der Waals surface area contributed by atoms with Crippen molar-refractivity contribution in [3.8, 4) is 0 Å². The summed E-state index contributed by atoms with van der Waals surface area (Å²) in [6.45, 7) is 3.89. The average Bonchev–Trinajstić information content (AvgIpc) is 2.93. The number of hydrogen-bond donors (Lipinski definition) is 1. The summed E-state index contributed by atoms with van der Waals surface area (Å²) in [5.41, 5.74) is 0.910. The molecule has 22 heavy (non-hydrogen) atoms. The lowest BCUT2D eigenvalue weighted by atomic mass is 10.1. The van der Waals surface area contributed by atoms with E-state index in [4.69, 9.17) is 0 Å². The zero-order chi connectivity index (χ0) is 16.3. The van der Waals surface area contributed by atoms with Gasteiger partial charge in [-0.25, -0.2) is 17.1 Å².